The summed E-state index contributed by atoms with van der Waals surface area (Å²) in [5.74, 6) is -1.68. The number of amides is 3. The monoisotopic (exact) mass is 1420 g/mol. The second-order valence-corrected chi connectivity index (χ2v) is 26.5. The van der Waals surface area contributed by atoms with Crippen LogP contribution in [0, 0.1) is 39.5 Å². The van der Waals surface area contributed by atoms with Crippen molar-refractivity contribution < 1.29 is 57.9 Å². The number of tetrazole rings is 2. The van der Waals surface area contributed by atoms with E-state index in [1.54, 1.807) is 83.3 Å². The van der Waals surface area contributed by atoms with Crippen LogP contribution in [-0.2, 0) is 45.0 Å². The quantitative estimate of drug-likeness (QED) is 0.00842. The van der Waals surface area contributed by atoms with Gasteiger partial charge in [0.15, 0.2) is 5.78 Å². The Morgan fingerprint density at radius 3 is 2.01 bits per heavy atom. The highest BCUT2D eigenvalue weighted by atomic mass is 35.5. The fraction of sp³-hybridized carbons (Fsp3) is 0.406. The number of aromatic nitrogens is 8. The van der Waals surface area contributed by atoms with Gasteiger partial charge in [-0.1, -0.05) is 158 Å². The number of nitrogens with zero attached hydrogens (tertiary/aromatic N) is 11. The molecule has 0 aliphatic carbocycles. The van der Waals surface area contributed by atoms with Crippen LogP contribution in [0.5, 0.6) is 28.7 Å². The molecule has 1 atom stereocenters. The van der Waals surface area contributed by atoms with E-state index in [4.69, 9.17) is 30.5 Å². The lowest BCUT2D eigenvalue weighted by Crippen LogP contribution is -2.45. The van der Waals surface area contributed by atoms with E-state index in [-0.39, 0.29) is 87.6 Å². The van der Waals surface area contributed by atoms with Gasteiger partial charge in [-0.05, 0) is 114 Å². The number of hydrogen-bond acceptors (Lipinski definition) is 22. The second kappa shape index (κ2) is 37.3. The summed E-state index contributed by atoms with van der Waals surface area (Å²) in [4.78, 5) is 90.4. The van der Waals surface area contributed by atoms with Gasteiger partial charge in [-0.15, -0.1) is 10.2 Å². The van der Waals surface area contributed by atoms with Crippen molar-refractivity contribution in [2.75, 3.05) is 30.4 Å². The Labute approximate surface area is 586 Å². The third-order valence-electron chi connectivity index (χ3n) is 15.3. The molecule has 8 rings (SSSR count). The van der Waals surface area contributed by atoms with Gasteiger partial charge < -0.3 is 39.6 Å². The minimum atomic E-state index is -1.68. The normalized spacial score (nSPS) is 11.5. The SMILES string of the molecule is CCCCCCCCCCCCOc1ccc(C)cc1NC(=O)c1cc(Oc2ccc(CSc3nnnn3C)cc2[N+](=O)[O-])c2ccccc2c1O.CCCOC(=O)Cn1nnnc1SC(=O)N(CC)Cc1cc([N+](=O)[O-])ccc1OC(C(=O)Nc1cc(C)ccc1Cl)C(=O)C(C)(C)C. The first-order valence-corrected chi connectivity index (χ1v) is 34.6. The molecule has 0 bridgehead atoms. The molecule has 526 valence electrons. The molecule has 6 aromatic carbocycles. The summed E-state index contributed by atoms with van der Waals surface area (Å²) >= 11 is 8.26. The molecule has 0 fully saturated rings. The number of nitrogens with one attached hydrogen (secondary N) is 2. The number of nitro groups is 2. The molecule has 0 saturated carbocycles. The molecule has 2 aromatic heterocycles. The van der Waals surface area contributed by atoms with E-state index in [0.29, 0.717) is 63.5 Å². The lowest BCUT2D eigenvalue weighted by atomic mass is 9.87. The van der Waals surface area contributed by atoms with Gasteiger partial charge in [0.2, 0.25) is 22.2 Å². The first kappa shape index (κ1) is 76.6. The number of nitro benzene ring substituents is 2. The van der Waals surface area contributed by atoms with Crippen LogP contribution in [0.15, 0.2) is 113 Å². The molecule has 8 aromatic rings. The number of fused-ring (bicyclic) bond motifs is 1. The number of aromatic hydroxyl groups is 1. The molecule has 0 spiro atoms. The van der Waals surface area contributed by atoms with Gasteiger partial charge >= 0.3 is 11.7 Å². The van der Waals surface area contributed by atoms with Gasteiger partial charge in [0.05, 0.1) is 51.6 Å². The summed E-state index contributed by atoms with van der Waals surface area (Å²) in [6.45, 7) is 14.8. The number of thioether (sulfide) groups is 2. The van der Waals surface area contributed by atoms with Crippen LogP contribution >= 0.6 is 35.1 Å². The summed E-state index contributed by atoms with van der Waals surface area (Å²) in [5.41, 5.74) is 1.71. The van der Waals surface area contributed by atoms with Gasteiger partial charge in [-0.2, -0.15) is 0 Å². The van der Waals surface area contributed by atoms with Crippen molar-refractivity contribution in [3.8, 4) is 28.7 Å². The minimum Gasteiger partial charge on any atom is -0.506 e. The summed E-state index contributed by atoms with van der Waals surface area (Å²) in [7, 11) is 1.71. The number of hydrogen-bond donors (Lipinski definition) is 3. The Morgan fingerprint density at radius 1 is 0.707 bits per heavy atom. The Morgan fingerprint density at radius 2 is 1.35 bits per heavy atom. The first-order valence-electron chi connectivity index (χ1n) is 32.4. The number of rotatable bonds is 34. The number of phenols is 1. The third kappa shape index (κ3) is 22.4. The molecule has 27 nitrogen and oxygen atoms in total. The van der Waals surface area contributed by atoms with Crippen molar-refractivity contribution in [1.29, 1.82) is 0 Å². The van der Waals surface area contributed by atoms with Crippen molar-refractivity contribution in [2.24, 2.45) is 12.5 Å². The predicted octanol–water partition coefficient (Wildman–Crippen LogP) is 15.2. The van der Waals surface area contributed by atoms with Crippen LogP contribution in [0.4, 0.5) is 27.5 Å². The van der Waals surface area contributed by atoms with Gasteiger partial charge in [-0.25, -0.2) is 9.36 Å². The van der Waals surface area contributed by atoms with Gasteiger partial charge in [0.1, 0.15) is 29.5 Å². The highest BCUT2D eigenvalue weighted by molar-refractivity contribution is 8.13. The number of phenolic OH excluding ortho intramolecular Hbond substituents is 1. The highest BCUT2D eigenvalue weighted by Crippen LogP contribution is 2.42. The standard InChI is InChI=1S/C39H46N6O6S.C30H36ClN7O8S/c1-4-5-6-7-8-9-10-11-12-15-22-50-34-20-18-27(2)23-32(34)40-38(47)31-25-36(29-16-13-14-17-30(29)37(31)46)51-35-21-19-28(24-33(35)45(48)49)26-52-39-41-42-43-44(39)3;1-7-13-45-24(39)17-37-28(33-34-35-37)47-29(42)36(8-2)16-19-15-20(38(43)44)10-12-23(19)46-25(26(40)30(4,5)6)27(41)32-22-14-18(3)9-11-21(22)31/h13-14,16-21,23-25,46H,4-12,15,22,26H2,1-3H3,(H,40,47);9-12,14-15,25H,7-8,13,16-17H2,1-6H3,(H,32,41). The number of unbranched alkanes of at least 4 members (excludes halogenated alkanes) is 9. The predicted molar refractivity (Wildman–Crippen MR) is 377 cm³/mol. The lowest BCUT2D eigenvalue weighted by Gasteiger charge is -2.27. The van der Waals surface area contributed by atoms with Crippen LogP contribution in [0.2, 0.25) is 5.02 Å². The second-order valence-electron chi connectivity index (χ2n) is 24.2. The third-order valence-corrected chi connectivity index (χ3v) is 17.6. The molecule has 3 amide bonds. The number of carbonyl (C=O) groups excluding carboxylic acids is 5. The summed E-state index contributed by atoms with van der Waals surface area (Å²) in [6, 6.07) is 27.2. The fourth-order valence-corrected chi connectivity index (χ4v) is 11.6. The van der Waals surface area contributed by atoms with Crippen molar-refractivity contribution in [3.05, 3.63) is 156 Å². The Bertz CT molecular complexity index is 4150. The highest BCUT2D eigenvalue weighted by Gasteiger charge is 2.38. The Hall–Kier alpha value is -9.74. The zero-order valence-corrected chi connectivity index (χ0v) is 59.2. The van der Waals surface area contributed by atoms with Crippen LogP contribution in [0.3, 0.4) is 0 Å². The number of ether oxygens (including phenoxy) is 4. The number of benzene rings is 6. The molecule has 0 saturated heterocycles. The molecule has 99 heavy (non-hydrogen) atoms. The van der Waals surface area contributed by atoms with Crippen molar-refractivity contribution in [3.63, 3.8) is 0 Å². The smallest absolute Gasteiger partial charge is 0.327 e. The summed E-state index contributed by atoms with van der Waals surface area (Å²) in [6.07, 6.45) is 11.2. The fourth-order valence-electron chi connectivity index (χ4n) is 9.91. The van der Waals surface area contributed by atoms with E-state index < -0.39 is 50.2 Å². The van der Waals surface area contributed by atoms with Gasteiger partial charge in [0, 0.05) is 71.1 Å². The number of Topliss-reactive ketones (excluding diaryl/α,β-unsaturated/α-hetero) is 1. The van der Waals surface area contributed by atoms with E-state index in [9.17, 15) is 49.3 Å². The van der Waals surface area contributed by atoms with Crippen LogP contribution in [-0.4, -0.2) is 115 Å². The largest absolute Gasteiger partial charge is 0.506 e. The van der Waals surface area contributed by atoms with E-state index in [0.717, 1.165) is 28.7 Å². The molecule has 3 N–H and O–H groups in total. The zero-order chi connectivity index (χ0) is 71.8. The van der Waals surface area contributed by atoms with Crippen LogP contribution in [0.1, 0.15) is 145 Å². The van der Waals surface area contributed by atoms with E-state index >= 15 is 0 Å². The maximum atomic E-state index is 13.8. The number of aryl methyl sites for hydroxylation is 3. The molecule has 0 radical (unpaired) electrons. The van der Waals surface area contributed by atoms with Crippen molar-refractivity contribution in [2.45, 2.75) is 161 Å². The van der Waals surface area contributed by atoms with Crippen molar-refractivity contribution >= 4 is 97.5 Å². The maximum Gasteiger partial charge on any atom is 0.327 e. The Balaban J connectivity index is 0.000000280. The number of ketones is 1. The Kier molecular flexibility index (Phi) is 28.9. The average molecular weight is 1420 g/mol. The zero-order valence-electron chi connectivity index (χ0n) is 56.8. The van der Waals surface area contributed by atoms with E-state index in [2.05, 4.69) is 48.6 Å². The molecule has 1 unspecified atom stereocenters. The number of esters is 1. The van der Waals surface area contributed by atoms with Crippen LogP contribution in [0.25, 0.3) is 10.8 Å². The maximum absolute atomic E-state index is 13.8. The number of halogens is 1. The van der Waals surface area contributed by atoms with Crippen molar-refractivity contribution in [1.82, 2.24) is 45.3 Å². The number of anilines is 2. The van der Waals surface area contributed by atoms with Gasteiger partial charge in [-0.3, -0.25) is 44.2 Å². The van der Waals surface area contributed by atoms with E-state index in [1.807, 2.05) is 39.0 Å². The summed E-state index contributed by atoms with van der Waals surface area (Å²) in [5, 5.41) is 64.3. The molecule has 0 aliphatic rings. The van der Waals surface area contributed by atoms with Crippen LogP contribution < -0.4 is 24.8 Å². The molecular weight excluding hydrogens is 1330 g/mol. The lowest BCUT2D eigenvalue weighted by molar-refractivity contribution is -0.385. The van der Waals surface area contributed by atoms with Gasteiger partial charge in [0.25, 0.3) is 22.7 Å². The molecular formula is C69H82ClN13O14S2. The number of carbonyl (C=O) groups is 5. The molecule has 0 aliphatic heterocycles. The average Bonchev–Trinajstić information content (AvgIpc) is 1.23. The molecule has 2 heterocycles. The first-order chi connectivity index (χ1) is 47.4. The minimum absolute atomic E-state index is 0.0115. The summed E-state index contributed by atoms with van der Waals surface area (Å²) < 4.78 is 26.0. The molecule has 30 heteroatoms. The van der Waals surface area contributed by atoms with E-state index in [1.165, 1.54) is 109 Å². The number of non-ortho nitro benzene ring substituents is 1. The topological polar surface area (TPSA) is 343 Å².